The summed E-state index contributed by atoms with van der Waals surface area (Å²) in [4.78, 5) is 15.9. The summed E-state index contributed by atoms with van der Waals surface area (Å²) in [6.45, 7) is 1.99. The second-order valence-corrected chi connectivity index (χ2v) is 7.71. The number of aryl methyl sites for hydroxylation is 1. The van der Waals surface area contributed by atoms with E-state index < -0.39 is 9.84 Å². The standard InChI is InChI=1S/C12H14N2O3S2/c1-8-3-4-9-10(7-8)18-12(13-9)14-11(15)5-6-19(2,16)17/h3-4,7H,5-6H2,1-2H3,(H,13,14,15). The largest absolute Gasteiger partial charge is 0.302 e. The van der Waals surface area contributed by atoms with Crippen LogP contribution in [0.5, 0.6) is 0 Å². The third-order valence-electron chi connectivity index (χ3n) is 2.49. The monoisotopic (exact) mass is 298 g/mol. The van der Waals surface area contributed by atoms with Crippen molar-refractivity contribution in [3.8, 4) is 0 Å². The Bertz CT molecular complexity index is 720. The van der Waals surface area contributed by atoms with E-state index in [0.717, 1.165) is 22.0 Å². The van der Waals surface area contributed by atoms with Crippen LogP contribution in [-0.2, 0) is 14.6 Å². The average Bonchev–Trinajstić information content (AvgIpc) is 2.66. The topological polar surface area (TPSA) is 76.1 Å². The van der Waals surface area contributed by atoms with Crippen LogP contribution in [0.4, 0.5) is 5.13 Å². The van der Waals surface area contributed by atoms with Crippen LogP contribution in [0, 0.1) is 6.92 Å². The van der Waals surface area contributed by atoms with Crippen LogP contribution in [-0.4, -0.2) is 31.3 Å². The van der Waals surface area contributed by atoms with Crippen molar-refractivity contribution >= 4 is 42.4 Å². The molecule has 0 aliphatic rings. The normalized spacial score (nSPS) is 11.7. The molecule has 0 atom stereocenters. The van der Waals surface area contributed by atoms with Crippen LogP contribution in [0.1, 0.15) is 12.0 Å². The van der Waals surface area contributed by atoms with E-state index in [0.29, 0.717) is 5.13 Å². The van der Waals surface area contributed by atoms with Gasteiger partial charge < -0.3 is 5.32 Å². The van der Waals surface area contributed by atoms with Gasteiger partial charge >= 0.3 is 0 Å². The van der Waals surface area contributed by atoms with E-state index in [-0.39, 0.29) is 18.1 Å². The van der Waals surface area contributed by atoms with Crippen molar-refractivity contribution in [2.75, 3.05) is 17.3 Å². The molecule has 5 nitrogen and oxygen atoms in total. The van der Waals surface area contributed by atoms with Gasteiger partial charge in [0.15, 0.2) is 5.13 Å². The molecule has 0 unspecified atom stereocenters. The molecule has 0 saturated carbocycles. The lowest BCUT2D eigenvalue weighted by atomic mass is 10.2. The van der Waals surface area contributed by atoms with Crippen molar-refractivity contribution in [1.29, 1.82) is 0 Å². The molecule has 0 bridgehead atoms. The Kier molecular flexibility index (Phi) is 3.86. The highest BCUT2D eigenvalue weighted by Crippen LogP contribution is 2.26. The molecule has 1 aromatic heterocycles. The highest BCUT2D eigenvalue weighted by molar-refractivity contribution is 7.90. The molecule has 1 amide bonds. The lowest BCUT2D eigenvalue weighted by molar-refractivity contribution is -0.115. The molecular formula is C12H14N2O3S2. The molecule has 0 aliphatic heterocycles. The molecule has 0 fully saturated rings. The number of carbonyl (C=O) groups is 1. The van der Waals surface area contributed by atoms with Crippen molar-refractivity contribution in [2.24, 2.45) is 0 Å². The average molecular weight is 298 g/mol. The Morgan fingerprint density at radius 2 is 2.16 bits per heavy atom. The minimum Gasteiger partial charge on any atom is -0.302 e. The van der Waals surface area contributed by atoms with Gasteiger partial charge in [-0.15, -0.1) is 0 Å². The number of sulfone groups is 1. The molecule has 2 rings (SSSR count). The fraction of sp³-hybridized carbons (Fsp3) is 0.333. The quantitative estimate of drug-likeness (QED) is 0.936. The first-order chi connectivity index (χ1) is 8.83. The molecule has 2 aromatic rings. The number of thiazole rings is 1. The zero-order valence-corrected chi connectivity index (χ0v) is 12.3. The first kappa shape index (κ1) is 14.0. The van der Waals surface area contributed by atoms with Crippen molar-refractivity contribution in [2.45, 2.75) is 13.3 Å². The molecule has 1 N–H and O–H groups in total. The van der Waals surface area contributed by atoms with E-state index in [9.17, 15) is 13.2 Å². The third-order valence-corrected chi connectivity index (χ3v) is 4.37. The minimum atomic E-state index is -3.12. The van der Waals surface area contributed by atoms with Gasteiger partial charge in [-0.05, 0) is 24.6 Å². The Hall–Kier alpha value is -1.47. The van der Waals surface area contributed by atoms with Gasteiger partial charge in [0.25, 0.3) is 0 Å². The van der Waals surface area contributed by atoms with E-state index in [4.69, 9.17) is 0 Å². The molecule has 7 heteroatoms. The van der Waals surface area contributed by atoms with Gasteiger partial charge in [-0.1, -0.05) is 17.4 Å². The number of anilines is 1. The number of rotatable bonds is 4. The van der Waals surface area contributed by atoms with E-state index in [1.165, 1.54) is 11.3 Å². The molecule has 1 aromatic carbocycles. The number of amides is 1. The molecule has 0 saturated heterocycles. The maximum absolute atomic E-state index is 11.6. The highest BCUT2D eigenvalue weighted by atomic mass is 32.2. The number of nitrogens with one attached hydrogen (secondary N) is 1. The summed E-state index contributed by atoms with van der Waals surface area (Å²) in [6.07, 6.45) is 1.06. The Morgan fingerprint density at radius 3 is 2.84 bits per heavy atom. The number of hydrogen-bond donors (Lipinski definition) is 1. The van der Waals surface area contributed by atoms with Crippen molar-refractivity contribution in [1.82, 2.24) is 4.98 Å². The molecule has 0 radical (unpaired) electrons. The maximum atomic E-state index is 11.6. The summed E-state index contributed by atoms with van der Waals surface area (Å²) in [6, 6.07) is 5.85. The summed E-state index contributed by atoms with van der Waals surface area (Å²) in [7, 11) is -3.12. The van der Waals surface area contributed by atoms with Crippen molar-refractivity contribution in [3.05, 3.63) is 23.8 Å². The summed E-state index contributed by atoms with van der Waals surface area (Å²) in [5.74, 6) is -0.482. The fourth-order valence-electron chi connectivity index (χ4n) is 1.55. The van der Waals surface area contributed by atoms with Gasteiger partial charge in [-0.2, -0.15) is 0 Å². The number of fused-ring (bicyclic) bond motifs is 1. The van der Waals surface area contributed by atoms with E-state index in [2.05, 4.69) is 10.3 Å². The molecule has 1 heterocycles. The predicted octanol–water partition coefficient (Wildman–Crippen LogP) is 1.98. The van der Waals surface area contributed by atoms with E-state index in [1.807, 2.05) is 25.1 Å². The third kappa shape index (κ3) is 4.00. The smallest absolute Gasteiger partial charge is 0.227 e. The number of benzene rings is 1. The molecular weight excluding hydrogens is 284 g/mol. The van der Waals surface area contributed by atoms with Crippen LogP contribution in [0.15, 0.2) is 18.2 Å². The molecule has 0 spiro atoms. The van der Waals surface area contributed by atoms with Crippen LogP contribution in [0.2, 0.25) is 0 Å². The predicted molar refractivity (Wildman–Crippen MR) is 77.3 cm³/mol. The van der Waals surface area contributed by atoms with E-state index in [1.54, 1.807) is 0 Å². The van der Waals surface area contributed by atoms with Gasteiger partial charge in [0.05, 0.1) is 16.0 Å². The summed E-state index contributed by atoms with van der Waals surface area (Å²) in [5.41, 5.74) is 1.96. The second kappa shape index (κ2) is 5.26. The zero-order chi connectivity index (χ0) is 14.0. The summed E-state index contributed by atoms with van der Waals surface area (Å²) < 4.78 is 22.9. The van der Waals surface area contributed by atoms with Crippen molar-refractivity contribution < 1.29 is 13.2 Å². The second-order valence-electron chi connectivity index (χ2n) is 4.42. The lowest BCUT2D eigenvalue weighted by Gasteiger charge is -1.99. The fourth-order valence-corrected chi connectivity index (χ4v) is 3.08. The number of aromatic nitrogens is 1. The Balaban J connectivity index is 2.07. The van der Waals surface area contributed by atoms with Crippen molar-refractivity contribution in [3.63, 3.8) is 0 Å². The van der Waals surface area contributed by atoms with E-state index >= 15 is 0 Å². The van der Waals surface area contributed by atoms with Crippen LogP contribution in [0.3, 0.4) is 0 Å². The zero-order valence-electron chi connectivity index (χ0n) is 10.6. The maximum Gasteiger partial charge on any atom is 0.227 e. The van der Waals surface area contributed by atoms with Gasteiger partial charge in [-0.25, -0.2) is 13.4 Å². The molecule has 19 heavy (non-hydrogen) atoms. The SMILES string of the molecule is Cc1ccc2nc(NC(=O)CCS(C)(=O)=O)sc2c1. The molecule has 0 aliphatic carbocycles. The van der Waals surface area contributed by atoms with Gasteiger partial charge in [-0.3, -0.25) is 4.79 Å². The minimum absolute atomic E-state index is 0.0478. The Labute approximate surface area is 115 Å². The summed E-state index contributed by atoms with van der Waals surface area (Å²) in [5, 5.41) is 3.13. The first-order valence-electron chi connectivity index (χ1n) is 5.68. The first-order valence-corrected chi connectivity index (χ1v) is 8.56. The van der Waals surface area contributed by atoms with Crippen LogP contribution in [0.25, 0.3) is 10.2 Å². The van der Waals surface area contributed by atoms with Gasteiger partial charge in [0.2, 0.25) is 5.91 Å². The lowest BCUT2D eigenvalue weighted by Crippen LogP contribution is -2.16. The molecule has 102 valence electrons. The van der Waals surface area contributed by atoms with Crippen LogP contribution < -0.4 is 5.32 Å². The summed E-state index contributed by atoms with van der Waals surface area (Å²) >= 11 is 1.38. The number of hydrogen-bond acceptors (Lipinski definition) is 5. The highest BCUT2D eigenvalue weighted by Gasteiger charge is 2.10. The Morgan fingerprint density at radius 1 is 1.42 bits per heavy atom. The van der Waals surface area contributed by atoms with Gasteiger partial charge in [0, 0.05) is 12.7 Å². The van der Waals surface area contributed by atoms with Gasteiger partial charge in [0.1, 0.15) is 9.84 Å². The number of carbonyl (C=O) groups excluding carboxylic acids is 1. The number of nitrogens with zero attached hydrogens (tertiary/aromatic N) is 1. The van der Waals surface area contributed by atoms with Crippen LogP contribution >= 0.6 is 11.3 Å².